The van der Waals surface area contributed by atoms with E-state index in [-0.39, 0.29) is 0 Å². The minimum atomic E-state index is 1.00. The third-order valence-electron chi connectivity index (χ3n) is 7.88. The zero-order valence-electron chi connectivity index (χ0n) is 20.4. The predicted molar refractivity (Wildman–Crippen MR) is 155 cm³/mol. The van der Waals surface area contributed by atoms with Gasteiger partial charge in [-0.15, -0.1) is 0 Å². The third kappa shape index (κ3) is 2.90. The minimum absolute atomic E-state index is 1.00. The van der Waals surface area contributed by atoms with Crippen LogP contribution in [0, 0.1) is 0 Å². The van der Waals surface area contributed by atoms with Crippen LogP contribution >= 0.6 is 0 Å². The minimum Gasteiger partial charge on any atom is -0.309 e. The Bertz CT molecular complexity index is 2010. The molecule has 174 valence electrons. The first-order valence-electron chi connectivity index (χ1n) is 13.0. The summed E-state index contributed by atoms with van der Waals surface area (Å²) in [5.74, 6) is 0. The summed E-state index contributed by atoms with van der Waals surface area (Å²) in [5, 5.41) is 7.88. The van der Waals surface area contributed by atoms with Crippen LogP contribution in [0.4, 0.5) is 0 Å². The van der Waals surface area contributed by atoms with Crippen molar-refractivity contribution in [2.24, 2.45) is 0 Å². The second-order valence-electron chi connectivity index (χ2n) is 9.85. The number of para-hydroxylation sites is 1. The number of hydrogen-bond donors (Lipinski definition) is 0. The van der Waals surface area contributed by atoms with Gasteiger partial charge in [-0.1, -0.05) is 84.9 Å². The Hall–Kier alpha value is -4.69. The van der Waals surface area contributed by atoms with Crippen molar-refractivity contribution in [3.63, 3.8) is 0 Å². The Morgan fingerprint density at radius 3 is 2.22 bits per heavy atom. The highest BCUT2D eigenvalue weighted by atomic mass is 15.0. The van der Waals surface area contributed by atoms with Crippen molar-refractivity contribution in [3.8, 4) is 5.69 Å². The highest BCUT2D eigenvalue weighted by molar-refractivity contribution is 6.30. The lowest BCUT2D eigenvalue weighted by Gasteiger charge is -2.23. The second kappa shape index (κ2) is 7.91. The highest BCUT2D eigenvalue weighted by Crippen LogP contribution is 2.47. The van der Waals surface area contributed by atoms with Gasteiger partial charge in [0, 0.05) is 28.2 Å². The van der Waals surface area contributed by atoms with Crippen molar-refractivity contribution >= 4 is 48.9 Å². The number of fused-ring (bicyclic) bond motifs is 10. The molecular weight excluding hydrogens is 448 g/mol. The Morgan fingerprint density at radius 1 is 0.622 bits per heavy atom. The van der Waals surface area contributed by atoms with E-state index in [9.17, 15) is 0 Å². The lowest BCUT2D eigenvalue weighted by Crippen LogP contribution is -2.07. The summed E-state index contributed by atoms with van der Waals surface area (Å²) in [6.07, 6.45) is 6.30. The van der Waals surface area contributed by atoms with Crippen LogP contribution in [0.3, 0.4) is 0 Å². The molecule has 2 heteroatoms. The molecule has 0 saturated heterocycles. The van der Waals surface area contributed by atoms with E-state index in [0.29, 0.717) is 0 Å². The molecule has 0 unspecified atom stereocenters. The van der Waals surface area contributed by atoms with Gasteiger partial charge in [0.05, 0.1) is 16.7 Å². The smallest absolute Gasteiger partial charge is 0.0705 e. The third-order valence-corrected chi connectivity index (χ3v) is 7.88. The highest BCUT2D eigenvalue weighted by Gasteiger charge is 2.26. The average molecular weight is 473 g/mol. The molecule has 8 rings (SSSR count). The van der Waals surface area contributed by atoms with Crippen LogP contribution in [0.25, 0.3) is 54.6 Å². The molecule has 0 fully saturated rings. The SMILES string of the molecule is C1=C(c2ccccn2)c2c(c3c(c4ccccc24)c2c4ccccc4ccc2n3-c2ccccc2)CC1. The number of allylic oxidation sites excluding steroid dienone is 1. The molecule has 0 N–H and O–H groups in total. The van der Waals surface area contributed by atoms with E-state index >= 15 is 0 Å². The van der Waals surface area contributed by atoms with E-state index in [1.165, 1.54) is 65.7 Å². The van der Waals surface area contributed by atoms with Crippen molar-refractivity contribution in [3.05, 3.63) is 138 Å². The van der Waals surface area contributed by atoms with Gasteiger partial charge in [0.2, 0.25) is 0 Å². The van der Waals surface area contributed by atoms with Gasteiger partial charge in [-0.3, -0.25) is 4.98 Å². The van der Waals surface area contributed by atoms with Crippen molar-refractivity contribution in [1.29, 1.82) is 0 Å². The zero-order valence-corrected chi connectivity index (χ0v) is 20.4. The van der Waals surface area contributed by atoms with Gasteiger partial charge in [0.25, 0.3) is 0 Å². The number of benzene rings is 5. The maximum atomic E-state index is 4.78. The van der Waals surface area contributed by atoms with Gasteiger partial charge in [-0.25, -0.2) is 0 Å². The van der Waals surface area contributed by atoms with Crippen LogP contribution in [0.15, 0.2) is 121 Å². The van der Waals surface area contributed by atoms with Crippen molar-refractivity contribution in [2.45, 2.75) is 12.8 Å². The fourth-order valence-corrected chi connectivity index (χ4v) is 6.42. The lowest BCUT2D eigenvalue weighted by atomic mass is 9.83. The summed E-state index contributed by atoms with van der Waals surface area (Å²) < 4.78 is 2.50. The molecule has 0 saturated carbocycles. The number of aromatic nitrogens is 2. The topological polar surface area (TPSA) is 17.8 Å². The molecule has 0 amide bonds. The molecule has 0 aliphatic heterocycles. The molecule has 0 radical (unpaired) electrons. The van der Waals surface area contributed by atoms with Crippen LogP contribution < -0.4 is 0 Å². The molecule has 0 spiro atoms. The lowest BCUT2D eigenvalue weighted by molar-refractivity contribution is 0.977. The fourth-order valence-electron chi connectivity index (χ4n) is 6.42. The molecule has 0 bridgehead atoms. The standard InChI is InChI=1S/C35H24N2/c1-2-12-24(13-3-1)37-31-21-20-23-11-4-5-14-25(23)33(31)34-27-16-7-6-15-26(27)32-28(30-19-8-9-22-36-30)17-10-18-29(32)35(34)37/h1-9,11-17,19-22H,10,18H2. The van der Waals surface area contributed by atoms with Gasteiger partial charge in [0.15, 0.2) is 0 Å². The summed E-state index contributed by atoms with van der Waals surface area (Å²) in [6, 6.07) is 39.4. The van der Waals surface area contributed by atoms with Gasteiger partial charge >= 0.3 is 0 Å². The van der Waals surface area contributed by atoms with Crippen LogP contribution in [0.1, 0.15) is 23.2 Å². The number of aryl methyl sites for hydroxylation is 1. The van der Waals surface area contributed by atoms with Gasteiger partial charge in [0.1, 0.15) is 0 Å². The maximum absolute atomic E-state index is 4.78. The van der Waals surface area contributed by atoms with E-state index in [2.05, 4.69) is 114 Å². The Kier molecular flexibility index (Phi) is 4.38. The fraction of sp³-hybridized carbons (Fsp3) is 0.0571. The van der Waals surface area contributed by atoms with Crippen LogP contribution in [0.5, 0.6) is 0 Å². The van der Waals surface area contributed by atoms with Crippen molar-refractivity contribution < 1.29 is 0 Å². The van der Waals surface area contributed by atoms with Crippen molar-refractivity contribution in [2.75, 3.05) is 0 Å². The van der Waals surface area contributed by atoms with Crippen LogP contribution in [-0.2, 0) is 6.42 Å². The molecular formula is C35H24N2. The van der Waals surface area contributed by atoms with Gasteiger partial charge in [-0.2, -0.15) is 0 Å². The normalized spacial score (nSPS) is 13.4. The molecule has 5 aromatic carbocycles. The zero-order chi connectivity index (χ0) is 24.3. The van der Waals surface area contributed by atoms with E-state index in [1.54, 1.807) is 0 Å². The van der Waals surface area contributed by atoms with E-state index in [4.69, 9.17) is 4.98 Å². The first kappa shape index (κ1) is 20.5. The molecule has 2 nitrogen and oxygen atoms in total. The Labute approximate surface area is 215 Å². The van der Waals surface area contributed by atoms with Crippen molar-refractivity contribution in [1.82, 2.24) is 9.55 Å². The first-order valence-corrected chi connectivity index (χ1v) is 13.0. The Balaban J connectivity index is 1.66. The number of nitrogens with zero attached hydrogens (tertiary/aromatic N) is 2. The van der Waals surface area contributed by atoms with E-state index in [0.717, 1.165) is 18.5 Å². The molecule has 0 atom stereocenters. The Morgan fingerprint density at radius 2 is 1.38 bits per heavy atom. The number of rotatable bonds is 2. The molecule has 7 aromatic rings. The summed E-state index contributed by atoms with van der Waals surface area (Å²) in [4.78, 5) is 4.78. The van der Waals surface area contributed by atoms with Gasteiger partial charge < -0.3 is 4.57 Å². The predicted octanol–water partition coefficient (Wildman–Crippen LogP) is 8.86. The average Bonchev–Trinajstić information content (AvgIpc) is 3.34. The summed E-state index contributed by atoms with van der Waals surface area (Å²) >= 11 is 0. The molecule has 2 heterocycles. The summed E-state index contributed by atoms with van der Waals surface area (Å²) in [6.45, 7) is 0. The molecule has 1 aliphatic carbocycles. The summed E-state index contributed by atoms with van der Waals surface area (Å²) in [7, 11) is 0. The quantitative estimate of drug-likeness (QED) is 0.246. The first-order chi connectivity index (χ1) is 18.4. The van der Waals surface area contributed by atoms with E-state index in [1.807, 2.05) is 12.3 Å². The maximum Gasteiger partial charge on any atom is 0.0705 e. The monoisotopic (exact) mass is 472 g/mol. The van der Waals surface area contributed by atoms with Gasteiger partial charge in [-0.05, 0) is 75.8 Å². The largest absolute Gasteiger partial charge is 0.309 e. The van der Waals surface area contributed by atoms with Crippen LogP contribution in [-0.4, -0.2) is 9.55 Å². The number of hydrogen-bond acceptors (Lipinski definition) is 1. The molecule has 37 heavy (non-hydrogen) atoms. The summed E-state index contributed by atoms with van der Waals surface area (Å²) in [5.41, 5.74) is 8.82. The van der Waals surface area contributed by atoms with E-state index < -0.39 is 0 Å². The second-order valence-corrected chi connectivity index (χ2v) is 9.85. The molecule has 1 aliphatic rings. The van der Waals surface area contributed by atoms with Crippen LogP contribution in [0.2, 0.25) is 0 Å². The number of pyridine rings is 1. The molecule has 2 aromatic heterocycles.